The zero-order chi connectivity index (χ0) is 13.7. The minimum absolute atomic E-state index is 0.246. The first kappa shape index (κ1) is 13.0. The van der Waals surface area contributed by atoms with E-state index < -0.39 is 0 Å². The zero-order valence-corrected chi connectivity index (χ0v) is 10.6. The van der Waals surface area contributed by atoms with Crippen molar-refractivity contribution in [3.8, 4) is 11.5 Å². The number of nitrogens with one attached hydrogen (secondary N) is 1. The molecule has 5 nitrogen and oxygen atoms in total. The molecule has 1 aromatic carbocycles. The molecule has 0 aliphatic carbocycles. The summed E-state index contributed by atoms with van der Waals surface area (Å²) in [4.78, 5) is 15.4. The lowest BCUT2D eigenvalue weighted by Crippen LogP contribution is -2.18. The molecular weight excluding hydrogens is 242 g/mol. The number of carbonyl (C=O) groups excluding carboxylic acids is 1. The molecule has 2 aromatic rings. The van der Waals surface area contributed by atoms with Crippen LogP contribution in [-0.2, 0) is 6.54 Å². The molecule has 5 heteroatoms. The van der Waals surface area contributed by atoms with E-state index in [9.17, 15) is 4.79 Å². The molecule has 0 unspecified atom stereocenters. The molecule has 0 aliphatic rings. The van der Waals surface area contributed by atoms with E-state index in [2.05, 4.69) is 10.3 Å². The first-order valence-electron chi connectivity index (χ1n) is 5.88. The van der Waals surface area contributed by atoms with Crippen LogP contribution in [-0.4, -0.2) is 17.9 Å². The second kappa shape index (κ2) is 5.97. The van der Waals surface area contributed by atoms with Crippen molar-refractivity contribution in [1.82, 2.24) is 10.3 Å². The second-order valence-corrected chi connectivity index (χ2v) is 3.91. The van der Waals surface area contributed by atoms with Crippen molar-refractivity contribution in [3.63, 3.8) is 0 Å². The third kappa shape index (κ3) is 3.29. The Labute approximate surface area is 111 Å². The van der Waals surface area contributed by atoms with Crippen molar-refractivity contribution in [2.75, 3.05) is 7.05 Å². The molecule has 0 fully saturated rings. The van der Waals surface area contributed by atoms with Gasteiger partial charge in [-0.1, -0.05) is 12.1 Å². The molecule has 0 radical (unpaired) electrons. The van der Waals surface area contributed by atoms with Gasteiger partial charge in [-0.05, 0) is 23.8 Å². The van der Waals surface area contributed by atoms with Crippen molar-refractivity contribution >= 4 is 5.91 Å². The molecule has 0 saturated heterocycles. The van der Waals surface area contributed by atoms with E-state index in [0.717, 1.165) is 5.56 Å². The summed E-state index contributed by atoms with van der Waals surface area (Å²) < 4.78 is 5.65. The fourth-order valence-electron chi connectivity index (χ4n) is 1.56. The number of hydrogen-bond donors (Lipinski definition) is 2. The number of benzene rings is 1. The van der Waals surface area contributed by atoms with Crippen LogP contribution in [0.1, 0.15) is 16.1 Å². The number of nitrogens with two attached hydrogens (primary N) is 1. The summed E-state index contributed by atoms with van der Waals surface area (Å²) in [5, 5.41) is 2.52. The summed E-state index contributed by atoms with van der Waals surface area (Å²) in [5.74, 6) is 1.00. The fourth-order valence-corrected chi connectivity index (χ4v) is 1.56. The number of hydrogen-bond acceptors (Lipinski definition) is 4. The third-order valence-electron chi connectivity index (χ3n) is 2.59. The van der Waals surface area contributed by atoms with Gasteiger partial charge in [0.2, 0.25) is 0 Å². The molecule has 1 heterocycles. The molecule has 1 aromatic heterocycles. The monoisotopic (exact) mass is 257 g/mol. The van der Waals surface area contributed by atoms with E-state index >= 15 is 0 Å². The lowest BCUT2D eigenvalue weighted by Gasteiger charge is -2.07. The molecule has 0 atom stereocenters. The number of ether oxygens (including phenoxy) is 1. The summed E-state index contributed by atoms with van der Waals surface area (Å²) in [6.45, 7) is 0.496. The molecule has 3 N–H and O–H groups in total. The van der Waals surface area contributed by atoms with Crippen LogP contribution in [0.15, 0.2) is 42.6 Å². The van der Waals surface area contributed by atoms with Crippen LogP contribution in [0.3, 0.4) is 0 Å². The van der Waals surface area contributed by atoms with Crippen molar-refractivity contribution in [2.45, 2.75) is 6.54 Å². The van der Waals surface area contributed by atoms with Crippen LogP contribution in [0.2, 0.25) is 0 Å². The number of nitrogens with zero attached hydrogens (tertiary/aromatic N) is 1. The van der Waals surface area contributed by atoms with Gasteiger partial charge in [-0.3, -0.25) is 9.78 Å². The maximum absolute atomic E-state index is 11.5. The number of aromatic nitrogens is 1. The van der Waals surface area contributed by atoms with Gasteiger partial charge >= 0.3 is 0 Å². The highest BCUT2D eigenvalue weighted by molar-refractivity contribution is 5.92. The Balaban J connectivity index is 2.16. The van der Waals surface area contributed by atoms with Crippen LogP contribution in [0.5, 0.6) is 11.5 Å². The highest BCUT2D eigenvalue weighted by Gasteiger charge is 2.06. The number of carbonyl (C=O) groups is 1. The minimum Gasteiger partial charge on any atom is -0.457 e. The van der Waals surface area contributed by atoms with Crippen LogP contribution in [0, 0.1) is 0 Å². The van der Waals surface area contributed by atoms with Crippen LogP contribution < -0.4 is 15.8 Å². The second-order valence-electron chi connectivity index (χ2n) is 3.91. The standard InChI is InChI=1S/C14H15N3O2/c1-16-14(18)13-8-12(6-7-17-13)19-11-4-2-10(9-15)3-5-11/h2-8H,9,15H2,1H3,(H,16,18). The Hall–Kier alpha value is -2.40. The molecule has 19 heavy (non-hydrogen) atoms. The van der Waals surface area contributed by atoms with Gasteiger partial charge in [-0.25, -0.2) is 0 Å². The van der Waals surface area contributed by atoms with Gasteiger partial charge in [0.1, 0.15) is 17.2 Å². The maximum atomic E-state index is 11.5. The van der Waals surface area contributed by atoms with E-state index in [0.29, 0.717) is 23.7 Å². The molecule has 1 amide bonds. The maximum Gasteiger partial charge on any atom is 0.269 e. The topological polar surface area (TPSA) is 77.2 Å². The summed E-state index contributed by atoms with van der Waals surface area (Å²) in [6.07, 6.45) is 1.54. The van der Waals surface area contributed by atoms with Crippen LogP contribution >= 0.6 is 0 Å². The molecule has 2 rings (SSSR count). The van der Waals surface area contributed by atoms with E-state index in [1.54, 1.807) is 19.2 Å². The molecule has 0 bridgehead atoms. The third-order valence-corrected chi connectivity index (χ3v) is 2.59. The molecule has 0 spiro atoms. The van der Waals surface area contributed by atoms with E-state index in [1.165, 1.54) is 6.20 Å². The molecule has 0 aliphatic heterocycles. The Morgan fingerprint density at radius 1 is 1.26 bits per heavy atom. The summed E-state index contributed by atoms with van der Waals surface area (Å²) in [7, 11) is 1.56. The van der Waals surface area contributed by atoms with Gasteiger partial charge in [-0.15, -0.1) is 0 Å². The normalized spacial score (nSPS) is 10.0. The largest absolute Gasteiger partial charge is 0.457 e. The minimum atomic E-state index is -0.246. The van der Waals surface area contributed by atoms with Crippen molar-refractivity contribution in [2.24, 2.45) is 5.73 Å². The van der Waals surface area contributed by atoms with Gasteiger partial charge in [-0.2, -0.15) is 0 Å². The molecule has 98 valence electrons. The first-order valence-corrected chi connectivity index (χ1v) is 5.88. The highest BCUT2D eigenvalue weighted by atomic mass is 16.5. The zero-order valence-electron chi connectivity index (χ0n) is 10.6. The van der Waals surface area contributed by atoms with E-state index in [4.69, 9.17) is 10.5 Å². The number of pyridine rings is 1. The fraction of sp³-hybridized carbons (Fsp3) is 0.143. The van der Waals surface area contributed by atoms with Gasteiger partial charge in [0.25, 0.3) is 5.91 Å². The van der Waals surface area contributed by atoms with E-state index in [-0.39, 0.29) is 5.91 Å². The SMILES string of the molecule is CNC(=O)c1cc(Oc2ccc(CN)cc2)ccn1. The Kier molecular flexibility index (Phi) is 4.10. The van der Waals surface area contributed by atoms with Crippen molar-refractivity contribution < 1.29 is 9.53 Å². The van der Waals surface area contributed by atoms with Gasteiger partial charge in [0.15, 0.2) is 0 Å². The van der Waals surface area contributed by atoms with Gasteiger partial charge in [0.05, 0.1) is 0 Å². The first-order chi connectivity index (χ1) is 9.22. The smallest absolute Gasteiger partial charge is 0.269 e. The van der Waals surface area contributed by atoms with Crippen LogP contribution in [0.25, 0.3) is 0 Å². The Morgan fingerprint density at radius 2 is 2.00 bits per heavy atom. The predicted octanol–water partition coefficient (Wildman–Crippen LogP) is 1.69. The quantitative estimate of drug-likeness (QED) is 0.873. The summed E-state index contributed by atoms with van der Waals surface area (Å²) in [6, 6.07) is 10.8. The highest BCUT2D eigenvalue weighted by Crippen LogP contribution is 2.21. The average molecular weight is 257 g/mol. The predicted molar refractivity (Wildman–Crippen MR) is 72.0 cm³/mol. The lowest BCUT2D eigenvalue weighted by molar-refractivity contribution is 0.0958. The van der Waals surface area contributed by atoms with Crippen molar-refractivity contribution in [3.05, 3.63) is 53.9 Å². The summed E-state index contributed by atoms with van der Waals surface area (Å²) in [5.41, 5.74) is 6.88. The van der Waals surface area contributed by atoms with Gasteiger partial charge in [0, 0.05) is 25.9 Å². The van der Waals surface area contributed by atoms with Crippen molar-refractivity contribution in [1.29, 1.82) is 0 Å². The lowest BCUT2D eigenvalue weighted by atomic mass is 10.2. The van der Waals surface area contributed by atoms with Gasteiger partial charge < -0.3 is 15.8 Å². The molecule has 0 saturated carbocycles. The Bertz CT molecular complexity index is 567. The van der Waals surface area contributed by atoms with Crippen LogP contribution in [0.4, 0.5) is 0 Å². The van der Waals surface area contributed by atoms with E-state index in [1.807, 2.05) is 24.3 Å². The summed E-state index contributed by atoms with van der Waals surface area (Å²) >= 11 is 0. The Morgan fingerprint density at radius 3 is 2.63 bits per heavy atom. The number of rotatable bonds is 4. The number of amides is 1. The average Bonchev–Trinajstić information content (AvgIpc) is 2.47. The molecular formula is C14H15N3O2.